The van der Waals surface area contributed by atoms with Gasteiger partial charge < -0.3 is 20.9 Å². The van der Waals surface area contributed by atoms with E-state index in [1.807, 2.05) is 7.05 Å². The molecule has 2 rings (SSSR count). The van der Waals surface area contributed by atoms with Crippen molar-refractivity contribution < 1.29 is 4.79 Å². The molecule has 3 N–H and O–H groups in total. The number of hydrogen-bond donors (Lipinski definition) is 2. The van der Waals surface area contributed by atoms with Gasteiger partial charge in [0.25, 0.3) is 0 Å². The summed E-state index contributed by atoms with van der Waals surface area (Å²) in [5, 5.41) is 3.24. The average molecular weight is 296 g/mol. The summed E-state index contributed by atoms with van der Waals surface area (Å²) in [4.78, 5) is 16.8. The first-order valence-electron chi connectivity index (χ1n) is 8.37. The first-order chi connectivity index (χ1) is 9.99. The minimum absolute atomic E-state index is 0.169. The lowest BCUT2D eigenvalue weighted by Crippen LogP contribution is -2.57. The van der Waals surface area contributed by atoms with Crippen molar-refractivity contribution in [3.63, 3.8) is 0 Å². The fourth-order valence-electron chi connectivity index (χ4n) is 4.24. The Bertz CT molecular complexity index is 360. The number of likely N-dealkylation sites (N-methyl/N-ethyl adjacent to an activating group) is 2. The highest BCUT2D eigenvalue weighted by molar-refractivity contribution is 5.85. The third-order valence-corrected chi connectivity index (χ3v) is 5.71. The van der Waals surface area contributed by atoms with E-state index in [2.05, 4.69) is 29.2 Å². The van der Waals surface area contributed by atoms with E-state index in [1.54, 1.807) is 0 Å². The van der Waals surface area contributed by atoms with Gasteiger partial charge in [0.1, 0.15) is 5.54 Å². The predicted octanol–water partition coefficient (Wildman–Crippen LogP) is 0.646. The number of likely N-dealkylation sites (tertiary alicyclic amines) is 1. The molecule has 0 aromatic carbocycles. The SMILES string of the molecule is CNC1(C(N)=O)CCCC1CCN1CCCC(N(C)C)C1. The summed E-state index contributed by atoms with van der Waals surface area (Å²) in [5.41, 5.74) is 5.22. The summed E-state index contributed by atoms with van der Waals surface area (Å²) in [5.74, 6) is 0.219. The van der Waals surface area contributed by atoms with Crippen LogP contribution >= 0.6 is 0 Å². The molecule has 3 atom stereocenters. The van der Waals surface area contributed by atoms with Gasteiger partial charge in [0.2, 0.25) is 5.91 Å². The molecule has 0 spiro atoms. The Balaban J connectivity index is 1.88. The number of primary amides is 1. The molecule has 2 fully saturated rings. The normalized spacial score (nSPS) is 34.5. The first-order valence-corrected chi connectivity index (χ1v) is 8.37. The van der Waals surface area contributed by atoms with Gasteiger partial charge in [0.05, 0.1) is 0 Å². The summed E-state index contributed by atoms with van der Waals surface area (Å²) in [6, 6.07) is 0.674. The van der Waals surface area contributed by atoms with Gasteiger partial charge in [-0.1, -0.05) is 6.42 Å². The van der Waals surface area contributed by atoms with Crippen LogP contribution in [0.2, 0.25) is 0 Å². The van der Waals surface area contributed by atoms with E-state index >= 15 is 0 Å². The van der Waals surface area contributed by atoms with Crippen LogP contribution in [0.1, 0.15) is 38.5 Å². The van der Waals surface area contributed by atoms with Crippen LogP contribution in [0.25, 0.3) is 0 Å². The van der Waals surface area contributed by atoms with Crippen LogP contribution in [0, 0.1) is 5.92 Å². The largest absolute Gasteiger partial charge is 0.368 e. The van der Waals surface area contributed by atoms with Crippen LogP contribution in [-0.2, 0) is 4.79 Å². The second-order valence-corrected chi connectivity index (χ2v) is 7.02. The van der Waals surface area contributed by atoms with E-state index in [0.29, 0.717) is 12.0 Å². The quantitative estimate of drug-likeness (QED) is 0.755. The van der Waals surface area contributed by atoms with Crippen LogP contribution in [0.5, 0.6) is 0 Å². The van der Waals surface area contributed by atoms with Crippen molar-refractivity contribution in [1.82, 2.24) is 15.1 Å². The number of carbonyl (C=O) groups is 1. The summed E-state index contributed by atoms with van der Waals surface area (Å²) in [7, 11) is 6.22. The van der Waals surface area contributed by atoms with Crippen LogP contribution in [0.15, 0.2) is 0 Å². The van der Waals surface area contributed by atoms with Crippen molar-refractivity contribution in [1.29, 1.82) is 0 Å². The number of amides is 1. The zero-order valence-electron chi connectivity index (χ0n) is 13.9. The van der Waals surface area contributed by atoms with Gasteiger partial charge in [-0.05, 0) is 72.3 Å². The lowest BCUT2D eigenvalue weighted by Gasteiger charge is -2.38. The van der Waals surface area contributed by atoms with Gasteiger partial charge in [0.15, 0.2) is 0 Å². The first kappa shape index (κ1) is 16.7. The van der Waals surface area contributed by atoms with Crippen LogP contribution in [0.4, 0.5) is 0 Å². The smallest absolute Gasteiger partial charge is 0.238 e. The van der Waals surface area contributed by atoms with Gasteiger partial charge in [-0.25, -0.2) is 0 Å². The number of hydrogen-bond acceptors (Lipinski definition) is 4. The van der Waals surface area contributed by atoms with Gasteiger partial charge in [-0.2, -0.15) is 0 Å². The number of carbonyl (C=O) groups excluding carboxylic acids is 1. The maximum Gasteiger partial charge on any atom is 0.238 e. The molecule has 1 saturated carbocycles. The molecule has 3 unspecified atom stereocenters. The molecule has 1 heterocycles. The lowest BCUT2D eigenvalue weighted by atomic mass is 9.83. The van der Waals surface area contributed by atoms with Crippen molar-refractivity contribution in [2.75, 3.05) is 40.8 Å². The third kappa shape index (κ3) is 3.58. The number of piperidine rings is 1. The fourth-order valence-corrected chi connectivity index (χ4v) is 4.24. The summed E-state index contributed by atoms with van der Waals surface area (Å²) in [6.07, 6.45) is 6.77. The predicted molar refractivity (Wildman–Crippen MR) is 86.1 cm³/mol. The second kappa shape index (κ2) is 7.07. The maximum absolute atomic E-state index is 11.9. The fraction of sp³-hybridized carbons (Fsp3) is 0.938. The molecule has 5 nitrogen and oxygen atoms in total. The molecular weight excluding hydrogens is 264 g/mol. The molecule has 1 aliphatic carbocycles. The molecule has 5 heteroatoms. The second-order valence-electron chi connectivity index (χ2n) is 7.02. The van der Waals surface area contributed by atoms with Gasteiger partial charge in [-0.3, -0.25) is 4.79 Å². The van der Waals surface area contributed by atoms with E-state index in [4.69, 9.17) is 5.73 Å². The molecule has 2 aliphatic rings. The molecule has 1 aliphatic heterocycles. The zero-order chi connectivity index (χ0) is 15.5. The number of rotatable bonds is 6. The Morgan fingerprint density at radius 2 is 2.14 bits per heavy atom. The molecule has 1 amide bonds. The van der Waals surface area contributed by atoms with Crippen molar-refractivity contribution in [2.24, 2.45) is 11.7 Å². The van der Waals surface area contributed by atoms with Crippen molar-refractivity contribution in [3.8, 4) is 0 Å². The summed E-state index contributed by atoms with van der Waals surface area (Å²) in [6.45, 7) is 3.44. The lowest BCUT2D eigenvalue weighted by molar-refractivity contribution is -0.125. The van der Waals surface area contributed by atoms with Crippen molar-refractivity contribution in [2.45, 2.75) is 50.1 Å². The van der Waals surface area contributed by atoms with Crippen molar-refractivity contribution >= 4 is 5.91 Å². The highest BCUT2D eigenvalue weighted by Crippen LogP contribution is 2.37. The number of nitrogens with zero attached hydrogens (tertiary/aromatic N) is 2. The molecule has 0 aromatic rings. The van der Waals surface area contributed by atoms with Crippen LogP contribution in [0.3, 0.4) is 0 Å². The average Bonchev–Trinajstić information content (AvgIpc) is 2.89. The molecule has 0 radical (unpaired) electrons. The van der Waals surface area contributed by atoms with Crippen LogP contribution < -0.4 is 11.1 Å². The van der Waals surface area contributed by atoms with E-state index in [0.717, 1.165) is 38.8 Å². The standard InChI is InChI=1S/C16H32N4O/c1-18-16(15(17)21)9-4-6-13(16)8-11-20-10-5-7-14(12-20)19(2)3/h13-14,18H,4-12H2,1-3H3,(H2,17,21). The maximum atomic E-state index is 11.9. The Kier molecular flexibility index (Phi) is 5.63. The van der Waals surface area contributed by atoms with E-state index in [9.17, 15) is 4.79 Å². The third-order valence-electron chi connectivity index (χ3n) is 5.71. The highest BCUT2D eigenvalue weighted by Gasteiger charge is 2.46. The summed E-state index contributed by atoms with van der Waals surface area (Å²) < 4.78 is 0. The Labute approximate surface area is 129 Å². The Hall–Kier alpha value is -0.650. The molecule has 0 aromatic heterocycles. The minimum atomic E-state index is -0.462. The van der Waals surface area contributed by atoms with Crippen LogP contribution in [-0.4, -0.2) is 68.1 Å². The van der Waals surface area contributed by atoms with E-state index in [1.165, 1.54) is 19.4 Å². The molecular formula is C16H32N4O. The topological polar surface area (TPSA) is 61.6 Å². The van der Waals surface area contributed by atoms with Gasteiger partial charge >= 0.3 is 0 Å². The van der Waals surface area contributed by atoms with Gasteiger partial charge in [-0.15, -0.1) is 0 Å². The monoisotopic (exact) mass is 296 g/mol. The molecule has 21 heavy (non-hydrogen) atoms. The Morgan fingerprint density at radius 3 is 2.76 bits per heavy atom. The number of nitrogens with one attached hydrogen (secondary N) is 1. The van der Waals surface area contributed by atoms with E-state index in [-0.39, 0.29) is 5.91 Å². The molecule has 1 saturated heterocycles. The zero-order valence-corrected chi connectivity index (χ0v) is 13.9. The molecule has 0 bridgehead atoms. The minimum Gasteiger partial charge on any atom is -0.368 e. The summed E-state index contributed by atoms with van der Waals surface area (Å²) >= 11 is 0. The molecule has 122 valence electrons. The highest BCUT2D eigenvalue weighted by atomic mass is 16.1. The van der Waals surface area contributed by atoms with E-state index < -0.39 is 5.54 Å². The Morgan fingerprint density at radius 1 is 1.38 bits per heavy atom. The number of nitrogens with two attached hydrogens (primary N) is 1. The van der Waals surface area contributed by atoms with Crippen molar-refractivity contribution in [3.05, 3.63) is 0 Å². The van der Waals surface area contributed by atoms with Gasteiger partial charge in [0, 0.05) is 12.6 Å².